The second kappa shape index (κ2) is 8.02. The minimum atomic E-state index is 0.620. The maximum atomic E-state index is 6.06. The van der Waals surface area contributed by atoms with E-state index >= 15 is 0 Å². The van der Waals surface area contributed by atoms with Gasteiger partial charge in [-0.3, -0.25) is 0 Å². The van der Waals surface area contributed by atoms with Gasteiger partial charge in [-0.1, -0.05) is 25.4 Å². The predicted octanol–water partition coefficient (Wildman–Crippen LogP) is 4.65. The molecule has 124 valence electrons. The van der Waals surface area contributed by atoms with Crippen molar-refractivity contribution < 1.29 is 4.74 Å². The molecule has 6 heteroatoms. The monoisotopic (exact) mass is 334 g/mol. The molecule has 2 rings (SSSR count). The van der Waals surface area contributed by atoms with Crippen molar-refractivity contribution in [1.29, 1.82) is 0 Å². The van der Waals surface area contributed by atoms with Gasteiger partial charge >= 0.3 is 0 Å². The van der Waals surface area contributed by atoms with Gasteiger partial charge in [0.2, 0.25) is 5.95 Å². The summed E-state index contributed by atoms with van der Waals surface area (Å²) in [6, 6.07) is 7.30. The van der Waals surface area contributed by atoms with Gasteiger partial charge < -0.3 is 15.4 Å². The number of anilines is 3. The second-order valence-electron chi connectivity index (χ2n) is 5.80. The summed E-state index contributed by atoms with van der Waals surface area (Å²) in [5, 5.41) is 7.14. The first-order valence-corrected chi connectivity index (χ1v) is 8.06. The smallest absolute Gasteiger partial charge is 0.224 e. The molecular weight excluding hydrogens is 312 g/mol. The van der Waals surface area contributed by atoms with Crippen LogP contribution >= 0.6 is 11.6 Å². The number of nitrogens with one attached hydrogen (secondary N) is 2. The van der Waals surface area contributed by atoms with Gasteiger partial charge in [-0.25, -0.2) is 4.98 Å². The Balaban J connectivity index is 2.17. The first-order valence-electron chi connectivity index (χ1n) is 7.68. The molecule has 0 aliphatic rings. The number of benzene rings is 1. The van der Waals surface area contributed by atoms with Crippen LogP contribution in [0.1, 0.15) is 26.0 Å². The molecule has 0 fully saturated rings. The second-order valence-corrected chi connectivity index (χ2v) is 6.23. The van der Waals surface area contributed by atoms with E-state index in [1.165, 1.54) is 0 Å². The van der Waals surface area contributed by atoms with Crippen LogP contribution in [0.2, 0.25) is 5.02 Å². The Morgan fingerprint density at radius 2 is 2.00 bits per heavy atom. The summed E-state index contributed by atoms with van der Waals surface area (Å²) in [6.07, 6.45) is 1.07. The Morgan fingerprint density at radius 1 is 1.22 bits per heavy atom. The number of halogens is 1. The van der Waals surface area contributed by atoms with Crippen LogP contribution in [0.5, 0.6) is 5.75 Å². The van der Waals surface area contributed by atoms with E-state index < -0.39 is 0 Å². The normalized spacial score (nSPS) is 10.7. The largest absolute Gasteiger partial charge is 0.495 e. The van der Waals surface area contributed by atoms with E-state index in [1.807, 2.05) is 25.1 Å². The Kier molecular flexibility index (Phi) is 6.04. The molecule has 2 aromatic rings. The number of nitrogens with zero attached hydrogens (tertiary/aromatic N) is 2. The third kappa shape index (κ3) is 5.28. The van der Waals surface area contributed by atoms with Crippen molar-refractivity contribution in [3.05, 3.63) is 35.0 Å². The minimum absolute atomic E-state index is 0.620. The summed E-state index contributed by atoms with van der Waals surface area (Å²) in [5.41, 5.74) is 1.65. The first kappa shape index (κ1) is 17.3. The number of hydrogen-bond acceptors (Lipinski definition) is 5. The van der Waals surface area contributed by atoms with Gasteiger partial charge in [0.05, 0.1) is 12.8 Å². The quantitative estimate of drug-likeness (QED) is 0.771. The molecular formula is C17H23ClN4O. The lowest BCUT2D eigenvalue weighted by Gasteiger charge is -2.13. The summed E-state index contributed by atoms with van der Waals surface area (Å²) in [6.45, 7) is 7.17. The molecule has 1 aromatic heterocycles. The fourth-order valence-electron chi connectivity index (χ4n) is 2.10. The van der Waals surface area contributed by atoms with Gasteiger partial charge in [0.25, 0.3) is 0 Å². The molecule has 0 unspecified atom stereocenters. The van der Waals surface area contributed by atoms with Crippen molar-refractivity contribution in [2.45, 2.75) is 27.2 Å². The van der Waals surface area contributed by atoms with Gasteiger partial charge in [0, 0.05) is 23.3 Å². The molecule has 0 saturated carbocycles. The van der Waals surface area contributed by atoms with Gasteiger partial charge in [0.1, 0.15) is 11.6 Å². The lowest BCUT2D eigenvalue weighted by Crippen LogP contribution is -2.09. The van der Waals surface area contributed by atoms with Crippen molar-refractivity contribution in [1.82, 2.24) is 9.97 Å². The average Bonchev–Trinajstić information content (AvgIpc) is 2.46. The van der Waals surface area contributed by atoms with Crippen LogP contribution in [0.15, 0.2) is 24.3 Å². The standard InChI is InChI=1S/C17H23ClN4O/c1-11(2)7-8-19-17-20-12(3)9-16(22-17)21-14-10-13(18)5-6-15(14)23-4/h5-6,9-11H,7-8H2,1-4H3,(H2,19,20,21,22). The topological polar surface area (TPSA) is 59.1 Å². The zero-order valence-corrected chi connectivity index (χ0v) is 14.7. The average molecular weight is 335 g/mol. The van der Waals surface area contributed by atoms with Crippen LogP contribution < -0.4 is 15.4 Å². The third-order valence-electron chi connectivity index (χ3n) is 3.28. The summed E-state index contributed by atoms with van der Waals surface area (Å²) in [7, 11) is 1.62. The number of rotatable bonds is 7. The van der Waals surface area contributed by atoms with Crippen molar-refractivity contribution in [3.63, 3.8) is 0 Å². The molecule has 5 nitrogen and oxygen atoms in total. The number of methoxy groups -OCH3 is 1. The molecule has 23 heavy (non-hydrogen) atoms. The van der Waals surface area contributed by atoms with E-state index in [0.29, 0.717) is 28.5 Å². The molecule has 0 aliphatic carbocycles. The minimum Gasteiger partial charge on any atom is -0.495 e. The molecule has 0 radical (unpaired) electrons. The number of ether oxygens (including phenoxy) is 1. The van der Waals surface area contributed by atoms with Crippen LogP contribution in [0, 0.1) is 12.8 Å². The Labute approximate surface area is 142 Å². The number of aryl methyl sites for hydroxylation is 1. The van der Waals surface area contributed by atoms with E-state index in [0.717, 1.165) is 24.3 Å². The van der Waals surface area contributed by atoms with Gasteiger partial charge in [-0.15, -0.1) is 0 Å². The third-order valence-corrected chi connectivity index (χ3v) is 3.52. The molecule has 2 N–H and O–H groups in total. The van der Waals surface area contributed by atoms with Crippen molar-refractivity contribution in [3.8, 4) is 5.75 Å². The van der Waals surface area contributed by atoms with Gasteiger partial charge in [0.15, 0.2) is 0 Å². The van der Waals surface area contributed by atoms with E-state index in [9.17, 15) is 0 Å². The Morgan fingerprint density at radius 3 is 2.70 bits per heavy atom. The summed E-state index contributed by atoms with van der Waals surface area (Å²) < 4.78 is 5.34. The van der Waals surface area contributed by atoms with E-state index in [2.05, 4.69) is 34.4 Å². The van der Waals surface area contributed by atoms with Crippen LogP contribution in [-0.2, 0) is 0 Å². The fourth-order valence-corrected chi connectivity index (χ4v) is 2.27. The highest BCUT2D eigenvalue weighted by Crippen LogP contribution is 2.30. The maximum Gasteiger partial charge on any atom is 0.224 e. The highest BCUT2D eigenvalue weighted by molar-refractivity contribution is 6.31. The number of aromatic nitrogens is 2. The Bertz CT molecular complexity index is 661. The highest BCUT2D eigenvalue weighted by atomic mass is 35.5. The molecule has 0 spiro atoms. The molecule has 1 aromatic carbocycles. The zero-order valence-electron chi connectivity index (χ0n) is 14.0. The lowest BCUT2D eigenvalue weighted by atomic mass is 10.1. The zero-order chi connectivity index (χ0) is 16.8. The molecule has 1 heterocycles. The predicted molar refractivity (Wildman–Crippen MR) is 96.0 cm³/mol. The highest BCUT2D eigenvalue weighted by Gasteiger charge is 2.07. The van der Waals surface area contributed by atoms with E-state index in [1.54, 1.807) is 13.2 Å². The van der Waals surface area contributed by atoms with Crippen molar-refractivity contribution in [2.75, 3.05) is 24.3 Å². The Hall–Kier alpha value is -2.01. The SMILES string of the molecule is COc1ccc(Cl)cc1Nc1cc(C)nc(NCCC(C)C)n1. The van der Waals surface area contributed by atoms with E-state index in [-0.39, 0.29) is 0 Å². The van der Waals surface area contributed by atoms with Crippen molar-refractivity contribution >= 4 is 29.1 Å². The fraction of sp³-hybridized carbons (Fsp3) is 0.412. The lowest BCUT2D eigenvalue weighted by molar-refractivity contribution is 0.417. The molecule has 0 bridgehead atoms. The van der Waals surface area contributed by atoms with Crippen LogP contribution in [0.4, 0.5) is 17.5 Å². The first-order chi connectivity index (χ1) is 11.0. The summed E-state index contributed by atoms with van der Waals surface area (Å²) in [4.78, 5) is 8.91. The molecule has 0 aliphatic heterocycles. The van der Waals surface area contributed by atoms with E-state index in [4.69, 9.17) is 16.3 Å². The summed E-state index contributed by atoms with van der Waals surface area (Å²) >= 11 is 6.06. The van der Waals surface area contributed by atoms with Crippen LogP contribution in [0.3, 0.4) is 0 Å². The van der Waals surface area contributed by atoms with Gasteiger partial charge in [-0.05, 0) is 37.5 Å². The number of hydrogen-bond donors (Lipinski definition) is 2. The molecule has 0 amide bonds. The molecule has 0 atom stereocenters. The van der Waals surface area contributed by atoms with Gasteiger partial charge in [-0.2, -0.15) is 4.98 Å². The molecule has 0 saturated heterocycles. The summed E-state index contributed by atoms with van der Waals surface area (Å²) in [5.74, 6) is 2.67. The van der Waals surface area contributed by atoms with Crippen molar-refractivity contribution in [2.24, 2.45) is 5.92 Å². The van der Waals surface area contributed by atoms with Crippen LogP contribution in [-0.4, -0.2) is 23.6 Å². The van der Waals surface area contributed by atoms with Crippen LogP contribution in [0.25, 0.3) is 0 Å². The maximum absolute atomic E-state index is 6.06.